The van der Waals surface area contributed by atoms with Crippen molar-refractivity contribution in [3.05, 3.63) is 94.8 Å². The lowest BCUT2D eigenvalue weighted by Gasteiger charge is -2.15. The number of benzene rings is 3. The average Bonchev–Trinajstić information content (AvgIpc) is 2.70. The minimum Gasteiger partial charge on any atom is -0.319 e. The van der Waals surface area contributed by atoms with Gasteiger partial charge in [0.15, 0.2) is 0 Å². The second-order valence-electron chi connectivity index (χ2n) is 6.42. The van der Waals surface area contributed by atoms with Crippen molar-refractivity contribution < 1.29 is 9.18 Å². The van der Waals surface area contributed by atoms with Crippen LogP contribution < -0.4 is 5.32 Å². The van der Waals surface area contributed by atoms with Crippen molar-refractivity contribution in [2.45, 2.75) is 6.92 Å². The fraction of sp³-hybridized carbons (Fsp3) is 0.0435. The highest BCUT2D eigenvalue weighted by atomic mass is 35.5. The van der Waals surface area contributed by atoms with E-state index in [2.05, 4.69) is 5.32 Å². The zero-order valence-electron chi connectivity index (χ0n) is 15.0. The molecule has 3 aromatic carbocycles. The van der Waals surface area contributed by atoms with Crippen LogP contribution in [0.15, 0.2) is 72.8 Å². The number of aromatic nitrogens is 1. The summed E-state index contributed by atoms with van der Waals surface area (Å²) in [6.45, 7) is 1.86. The second kappa shape index (κ2) is 7.41. The molecule has 1 N–H and O–H groups in total. The first kappa shape index (κ1) is 18.1. The van der Waals surface area contributed by atoms with Crippen molar-refractivity contribution in [1.29, 1.82) is 0 Å². The summed E-state index contributed by atoms with van der Waals surface area (Å²) in [7, 11) is 0. The number of carbonyl (C=O) groups is 1. The van der Waals surface area contributed by atoms with E-state index in [4.69, 9.17) is 16.6 Å². The molecule has 3 nitrogen and oxygen atoms in total. The van der Waals surface area contributed by atoms with Crippen molar-refractivity contribution in [2.24, 2.45) is 0 Å². The van der Waals surface area contributed by atoms with Crippen LogP contribution in [0.2, 0.25) is 5.02 Å². The molecule has 4 aromatic rings. The highest BCUT2D eigenvalue weighted by molar-refractivity contribution is 6.30. The molecule has 1 heterocycles. The number of hydrogen-bond donors (Lipinski definition) is 1. The van der Waals surface area contributed by atoms with E-state index in [1.807, 2.05) is 61.5 Å². The number of rotatable bonds is 3. The number of hydrogen-bond acceptors (Lipinski definition) is 2. The van der Waals surface area contributed by atoms with E-state index in [1.54, 1.807) is 0 Å². The van der Waals surface area contributed by atoms with E-state index >= 15 is 0 Å². The Balaban J connectivity index is 1.87. The highest BCUT2D eigenvalue weighted by Gasteiger charge is 2.19. The van der Waals surface area contributed by atoms with Crippen molar-refractivity contribution in [2.75, 3.05) is 5.32 Å². The molecule has 0 atom stereocenters. The average molecular weight is 391 g/mol. The third kappa shape index (κ3) is 3.35. The van der Waals surface area contributed by atoms with Crippen LogP contribution in [0.25, 0.3) is 22.2 Å². The van der Waals surface area contributed by atoms with Gasteiger partial charge >= 0.3 is 0 Å². The van der Waals surface area contributed by atoms with Crippen LogP contribution in [0.5, 0.6) is 0 Å². The minimum absolute atomic E-state index is 0.0796. The topological polar surface area (TPSA) is 42.0 Å². The second-order valence-corrected chi connectivity index (χ2v) is 6.86. The van der Waals surface area contributed by atoms with Gasteiger partial charge in [-0.2, -0.15) is 0 Å². The molecule has 4 rings (SSSR count). The number of nitrogens with zero attached hydrogens (tertiary/aromatic N) is 1. The Bertz CT molecular complexity index is 1190. The molecule has 1 aromatic heterocycles. The molecule has 28 heavy (non-hydrogen) atoms. The van der Waals surface area contributed by atoms with Crippen LogP contribution in [-0.2, 0) is 0 Å². The Morgan fingerprint density at radius 2 is 1.71 bits per heavy atom. The monoisotopic (exact) mass is 390 g/mol. The molecule has 0 bridgehead atoms. The molecule has 138 valence electrons. The van der Waals surface area contributed by atoms with Crippen molar-refractivity contribution in [3.63, 3.8) is 0 Å². The van der Waals surface area contributed by atoms with Crippen molar-refractivity contribution in [3.8, 4) is 11.3 Å². The molecule has 1 amide bonds. The zero-order chi connectivity index (χ0) is 19.7. The van der Waals surface area contributed by atoms with Crippen LogP contribution >= 0.6 is 11.6 Å². The van der Waals surface area contributed by atoms with Crippen molar-refractivity contribution >= 4 is 34.1 Å². The van der Waals surface area contributed by atoms with Gasteiger partial charge in [0.2, 0.25) is 0 Å². The Kier molecular flexibility index (Phi) is 4.80. The quantitative estimate of drug-likeness (QED) is 0.449. The van der Waals surface area contributed by atoms with Gasteiger partial charge in [-0.25, -0.2) is 9.37 Å². The van der Waals surface area contributed by atoms with E-state index in [1.165, 1.54) is 18.2 Å². The predicted molar refractivity (Wildman–Crippen MR) is 111 cm³/mol. The fourth-order valence-electron chi connectivity index (χ4n) is 3.25. The van der Waals surface area contributed by atoms with Gasteiger partial charge in [0.25, 0.3) is 5.91 Å². The van der Waals surface area contributed by atoms with Gasteiger partial charge < -0.3 is 5.32 Å². The third-order valence-corrected chi connectivity index (χ3v) is 4.82. The van der Waals surface area contributed by atoms with E-state index in [0.717, 1.165) is 16.8 Å². The number of anilines is 1. The molecule has 0 aliphatic rings. The van der Waals surface area contributed by atoms with Crippen LogP contribution in [0, 0.1) is 12.7 Å². The SMILES string of the molecule is Cc1c(-c2ccccc2)nc2ccccc2c1C(=O)Nc1ccc(Cl)cc1F. The molecule has 5 heteroatoms. The largest absolute Gasteiger partial charge is 0.319 e. The standard InChI is InChI=1S/C23H16ClFN2O/c1-14-21(23(28)27-20-12-11-16(24)13-18(20)25)17-9-5-6-10-19(17)26-22(14)15-7-3-2-4-8-15/h2-13H,1H3,(H,27,28). The number of fused-ring (bicyclic) bond motifs is 1. The van der Waals surface area contributed by atoms with Crippen LogP contribution in [-0.4, -0.2) is 10.9 Å². The van der Waals surface area contributed by atoms with E-state index < -0.39 is 11.7 Å². The normalized spacial score (nSPS) is 10.8. The van der Waals surface area contributed by atoms with Crippen LogP contribution in [0.1, 0.15) is 15.9 Å². The molecule has 0 radical (unpaired) electrons. The lowest BCUT2D eigenvalue weighted by Crippen LogP contribution is -2.16. The van der Waals surface area contributed by atoms with Gasteiger partial charge in [-0.3, -0.25) is 4.79 Å². The molecular weight excluding hydrogens is 375 g/mol. The number of carbonyl (C=O) groups excluding carboxylic acids is 1. The summed E-state index contributed by atoms with van der Waals surface area (Å²) >= 11 is 5.80. The van der Waals surface area contributed by atoms with E-state index in [9.17, 15) is 9.18 Å². The van der Waals surface area contributed by atoms with E-state index in [-0.39, 0.29) is 10.7 Å². The third-order valence-electron chi connectivity index (χ3n) is 4.59. The number of pyridine rings is 1. The summed E-state index contributed by atoms with van der Waals surface area (Å²) < 4.78 is 14.2. The van der Waals surface area contributed by atoms with Crippen molar-refractivity contribution in [1.82, 2.24) is 4.98 Å². The Morgan fingerprint density at radius 3 is 2.46 bits per heavy atom. The first-order valence-electron chi connectivity index (χ1n) is 8.76. The van der Waals surface area contributed by atoms with Crippen LogP contribution in [0.4, 0.5) is 10.1 Å². The molecule has 0 spiro atoms. The summed E-state index contributed by atoms with van der Waals surface area (Å²) in [5.74, 6) is -0.977. The van der Waals surface area contributed by atoms with Gasteiger partial charge in [0.05, 0.1) is 22.5 Å². The fourth-order valence-corrected chi connectivity index (χ4v) is 3.41. The first-order chi connectivity index (χ1) is 13.5. The van der Waals surface area contributed by atoms with Gasteiger partial charge in [0.1, 0.15) is 5.82 Å². The molecule has 0 unspecified atom stereocenters. The molecule has 0 aliphatic heterocycles. The summed E-state index contributed by atoms with van der Waals surface area (Å²) in [4.78, 5) is 17.9. The molecule has 0 aliphatic carbocycles. The lowest BCUT2D eigenvalue weighted by molar-refractivity contribution is 0.102. The van der Waals surface area contributed by atoms with Gasteiger partial charge in [-0.15, -0.1) is 0 Å². The molecule has 0 saturated heterocycles. The molecule has 0 saturated carbocycles. The maximum absolute atomic E-state index is 14.2. The number of amides is 1. The lowest BCUT2D eigenvalue weighted by atomic mass is 9.97. The van der Waals surface area contributed by atoms with Gasteiger partial charge in [-0.05, 0) is 36.8 Å². The summed E-state index contributed by atoms with van der Waals surface area (Å²) in [6, 6.07) is 21.3. The Morgan fingerprint density at radius 1 is 1.00 bits per heavy atom. The van der Waals surface area contributed by atoms with Gasteiger partial charge in [0, 0.05) is 16.0 Å². The zero-order valence-corrected chi connectivity index (χ0v) is 15.8. The van der Waals surface area contributed by atoms with E-state index in [0.29, 0.717) is 16.5 Å². The highest BCUT2D eigenvalue weighted by Crippen LogP contribution is 2.30. The summed E-state index contributed by atoms with van der Waals surface area (Å²) in [6.07, 6.45) is 0. The maximum atomic E-state index is 14.2. The van der Waals surface area contributed by atoms with Crippen LogP contribution in [0.3, 0.4) is 0 Å². The smallest absolute Gasteiger partial charge is 0.256 e. The molecule has 0 fully saturated rings. The summed E-state index contributed by atoms with van der Waals surface area (Å²) in [5.41, 5.74) is 3.62. The number of nitrogens with one attached hydrogen (secondary N) is 1. The van der Waals surface area contributed by atoms with Gasteiger partial charge in [-0.1, -0.05) is 60.1 Å². The first-order valence-corrected chi connectivity index (χ1v) is 9.13. The minimum atomic E-state index is -0.583. The number of halogens is 2. The molecular formula is C23H16ClFN2O. The maximum Gasteiger partial charge on any atom is 0.256 e. The number of para-hydroxylation sites is 1. The summed E-state index contributed by atoms with van der Waals surface area (Å²) in [5, 5.41) is 3.65. The Hall–Kier alpha value is -3.24. The predicted octanol–water partition coefficient (Wildman–Crippen LogP) is 6.26. The Labute approximate surface area is 166 Å².